The summed E-state index contributed by atoms with van der Waals surface area (Å²) in [6.45, 7) is -0.398. The minimum absolute atomic E-state index is 0.0821. The normalized spacial score (nSPS) is 19.8. The van der Waals surface area contributed by atoms with Gasteiger partial charge in [0.1, 0.15) is 18.0 Å². The number of rotatable bonds is 13. The zero-order chi connectivity index (χ0) is 30.3. The molecule has 43 heavy (non-hydrogen) atoms. The van der Waals surface area contributed by atoms with Gasteiger partial charge in [0.15, 0.2) is 0 Å². The molecule has 2 aliphatic rings. The van der Waals surface area contributed by atoms with Gasteiger partial charge in [-0.3, -0.25) is 28.6 Å². The van der Waals surface area contributed by atoms with Crippen LogP contribution in [0, 0.1) is 0 Å². The van der Waals surface area contributed by atoms with E-state index in [9.17, 15) is 28.8 Å². The summed E-state index contributed by atoms with van der Waals surface area (Å²) in [5, 5.41) is 11.7. The molecule has 0 bridgehead atoms. The lowest BCUT2D eigenvalue weighted by Crippen LogP contribution is -2.52. The number of nitrogens with zero attached hydrogens (tertiary/aromatic N) is 2. The van der Waals surface area contributed by atoms with Crippen LogP contribution in [0.2, 0.25) is 0 Å². The molecule has 0 saturated carbocycles. The molecular formula is C31H32N3O7PS. The molecule has 12 heteroatoms. The van der Waals surface area contributed by atoms with E-state index in [1.807, 2.05) is 60.7 Å². The summed E-state index contributed by atoms with van der Waals surface area (Å²) in [7, 11) is -2.85. The highest BCUT2D eigenvalue weighted by molar-refractivity contribution is 7.99. The number of amides is 3. The van der Waals surface area contributed by atoms with Crippen molar-refractivity contribution in [2.45, 2.75) is 36.7 Å². The Morgan fingerprint density at radius 1 is 0.953 bits per heavy atom. The van der Waals surface area contributed by atoms with E-state index in [2.05, 4.69) is 5.09 Å². The first-order chi connectivity index (χ1) is 20.8. The fourth-order valence-corrected chi connectivity index (χ4v) is 7.76. The number of carbonyl (C=O) groups excluding carboxylic acids is 3. The molecule has 1 saturated heterocycles. The number of benzene rings is 3. The summed E-state index contributed by atoms with van der Waals surface area (Å²) in [4.78, 5) is 53.7. The number of carboxylic acids is 1. The average Bonchev–Trinajstić information content (AvgIpc) is 3.27. The summed E-state index contributed by atoms with van der Waals surface area (Å²) in [6.07, 6.45) is 1.31. The average molecular weight is 622 g/mol. The highest BCUT2D eigenvalue weighted by atomic mass is 32.2. The first-order valence-electron chi connectivity index (χ1n) is 14.0. The molecule has 0 aromatic heterocycles. The topological polar surface area (TPSA) is 133 Å². The molecule has 2 heterocycles. The number of thioether (sulfide) groups is 1. The number of hydrogen-bond acceptors (Lipinski definition) is 7. The van der Waals surface area contributed by atoms with Crippen molar-refractivity contribution in [3.05, 3.63) is 107 Å². The van der Waals surface area contributed by atoms with Crippen LogP contribution >= 0.6 is 19.9 Å². The number of hydrogen-bond donors (Lipinski definition) is 2. The van der Waals surface area contributed by atoms with Gasteiger partial charge in [-0.05, 0) is 42.5 Å². The van der Waals surface area contributed by atoms with Gasteiger partial charge >= 0.3 is 5.97 Å². The van der Waals surface area contributed by atoms with Gasteiger partial charge in [0.2, 0.25) is 5.91 Å². The third kappa shape index (κ3) is 7.25. The Labute approximate surface area is 254 Å². The van der Waals surface area contributed by atoms with Crippen LogP contribution in [0.5, 0.6) is 0 Å². The Hall–Kier alpha value is -3.76. The molecular weight excluding hydrogens is 589 g/mol. The van der Waals surface area contributed by atoms with E-state index in [0.717, 1.165) is 11.1 Å². The molecule has 0 radical (unpaired) electrons. The SMILES string of the molecule is O=C(O)CN1C(=O)C(N[PH](=O)OCCCC(Cc2ccccc2)N2C(=O)c3ccccc3C2=O)CSC1c1ccccc1. The predicted octanol–water partition coefficient (Wildman–Crippen LogP) is 4.40. The van der Waals surface area contributed by atoms with Crippen molar-refractivity contribution in [2.24, 2.45) is 0 Å². The largest absolute Gasteiger partial charge is 0.480 e. The lowest BCUT2D eigenvalue weighted by molar-refractivity contribution is -0.145. The van der Waals surface area contributed by atoms with E-state index in [0.29, 0.717) is 36.1 Å². The van der Waals surface area contributed by atoms with E-state index in [-0.39, 0.29) is 18.4 Å². The molecule has 4 atom stereocenters. The molecule has 0 aliphatic carbocycles. The Balaban J connectivity index is 1.18. The van der Waals surface area contributed by atoms with Crippen molar-refractivity contribution in [3.8, 4) is 0 Å². The first kappa shape index (κ1) is 30.7. The second kappa shape index (κ2) is 14.1. The van der Waals surface area contributed by atoms with Crippen LogP contribution in [0.1, 0.15) is 50.1 Å². The second-order valence-electron chi connectivity index (χ2n) is 10.3. The van der Waals surface area contributed by atoms with E-state index in [1.54, 1.807) is 24.3 Å². The van der Waals surface area contributed by atoms with Crippen molar-refractivity contribution in [3.63, 3.8) is 0 Å². The molecule has 10 nitrogen and oxygen atoms in total. The maximum Gasteiger partial charge on any atom is 0.323 e. The highest BCUT2D eigenvalue weighted by Crippen LogP contribution is 2.38. The molecule has 2 aliphatic heterocycles. The summed E-state index contributed by atoms with van der Waals surface area (Å²) in [6, 6.07) is 24.3. The van der Waals surface area contributed by atoms with Gasteiger partial charge < -0.3 is 14.5 Å². The lowest BCUT2D eigenvalue weighted by atomic mass is 10.0. The van der Waals surface area contributed by atoms with Crippen LogP contribution in [-0.2, 0) is 25.1 Å². The zero-order valence-electron chi connectivity index (χ0n) is 23.3. The third-order valence-electron chi connectivity index (χ3n) is 7.39. The Morgan fingerprint density at radius 2 is 1.56 bits per heavy atom. The molecule has 0 spiro atoms. The highest BCUT2D eigenvalue weighted by Gasteiger charge is 2.40. The van der Waals surface area contributed by atoms with E-state index in [4.69, 9.17) is 4.52 Å². The smallest absolute Gasteiger partial charge is 0.323 e. The number of fused-ring (bicyclic) bond motifs is 1. The van der Waals surface area contributed by atoms with Crippen molar-refractivity contribution >= 4 is 43.6 Å². The summed E-state index contributed by atoms with van der Waals surface area (Å²) >= 11 is 1.39. The predicted molar refractivity (Wildman–Crippen MR) is 163 cm³/mol. The minimum atomic E-state index is -2.85. The van der Waals surface area contributed by atoms with Crippen LogP contribution in [0.4, 0.5) is 0 Å². The number of imide groups is 1. The van der Waals surface area contributed by atoms with Gasteiger partial charge in [0.05, 0.1) is 17.7 Å². The van der Waals surface area contributed by atoms with Crippen LogP contribution in [-0.4, -0.2) is 69.6 Å². The molecule has 3 aromatic carbocycles. The maximum atomic E-state index is 13.2. The van der Waals surface area contributed by atoms with Gasteiger partial charge in [-0.15, -0.1) is 11.8 Å². The van der Waals surface area contributed by atoms with Crippen molar-refractivity contribution in [2.75, 3.05) is 18.9 Å². The molecule has 4 unspecified atom stereocenters. The number of carbonyl (C=O) groups is 4. The van der Waals surface area contributed by atoms with Crippen LogP contribution < -0.4 is 5.09 Å². The molecule has 5 rings (SSSR count). The Bertz CT molecular complexity index is 1470. The van der Waals surface area contributed by atoms with Gasteiger partial charge in [0, 0.05) is 11.8 Å². The molecule has 3 aromatic rings. The minimum Gasteiger partial charge on any atom is -0.480 e. The van der Waals surface area contributed by atoms with Crippen molar-refractivity contribution in [1.29, 1.82) is 0 Å². The van der Waals surface area contributed by atoms with Gasteiger partial charge in [-0.2, -0.15) is 0 Å². The fraction of sp³-hybridized carbons (Fsp3) is 0.290. The molecule has 2 N–H and O–H groups in total. The molecule has 3 amide bonds. The van der Waals surface area contributed by atoms with E-state index < -0.39 is 44.1 Å². The first-order valence-corrected chi connectivity index (χ1v) is 16.3. The monoisotopic (exact) mass is 621 g/mol. The van der Waals surface area contributed by atoms with Crippen molar-refractivity contribution in [1.82, 2.24) is 14.9 Å². The molecule has 1 fully saturated rings. The number of carboxylic acid groups (broad SMARTS) is 1. The second-order valence-corrected chi connectivity index (χ2v) is 12.6. The van der Waals surface area contributed by atoms with Crippen LogP contribution in [0.3, 0.4) is 0 Å². The maximum absolute atomic E-state index is 13.2. The van der Waals surface area contributed by atoms with Crippen LogP contribution in [0.25, 0.3) is 0 Å². The quantitative estimate of drug-likeness (QED) is 0.162. The van der Waals surface area contributed by atoms with Gasteiger partial charge in [-0.1, -0.05) is 72.8 Å². The summed E-state index contributed by atoms with van der Waals surface area (Å²) in [5.74, 6) is -1.95. The fourth-order valence-electron chi connectivity index (χ4n) is 5.38. The van der Waals surface area contributed by atoms with E-state index in [1.165, 1.54) is 21.6 Å². The summed E-state index contributed by atoms with van der Waals surface area (Å²) < 4.78 is 18.4. The number of nitrogens with one attached hydrogen (secondary N) is 1. The Morgan fingerprint density at radius 3 is 2.19 bits per heavy atom. The Kier molecular flexibility index (Phi) is 10.1. The van der Waals surface area contributed by atoms with Gasteiger partial charge in [0.25, 0.3) is 20.0 Å². The standard InChI is InChI=1S/C31H32N3O7PS/c35-27(36)19-33-30(39)26(20-43-31(33)22-12-5-2-6-13-22)32-42(40)41-17-9-14-23(18-21-10-3-1-4-11-21)34-28(37)24-15-7-8-16-25(24)29(34)38/h1-8,10-13,15-16,23,26,31,42H,9,14,17-20H2,(H,32,40)(H,35,36). The van der Waals surface area contributed by atoms with Crippen molar-refractivity contribution < 1.29 is 33.4 Å². The van der Waals surface area contributed by atoms with Crippen LogP contribution in [0.15, 0.2) is 84.9 Å². The number of aliphatic carboxylic acids is 1. The molecule has 224 valence electrons. The third-order valence-corrected chi connectivity index (χ3v) is 9.81. The lowest BCUT2D eigenvalue weighted by Gasteiger charge is -2.38. The summed E-state index contributed by atoms with van der Waals surface area (Å²) in [5.41, 5.74) is 2.57. The van der Waals surface area contributed by atoms with E-state index >= 15 is 0 Å². The van der Waals surface area contributed by atoms with Gasteiger partial charge in [-0.25, -0.2) is 5.09 Å². The zero-order valence-corrected chi connectivity index (χ0v) is 25.1.